The van der Waals surface area contributed by atoms with Crippen LogP contribution in [-0.2, 0) is 0 Å². The number of carbonyl (C=O) groups is 1. The summed E-state index contributed by atoms with van der Waals surface area (Å²) in [5.41, 5.74) is 4.36. The van der Waals surface area contributed by atoms with Crippen molar-refractivity contribution in [2.45, 2.75) is 20.8 Å². The molecule has 1 rings (SSSR count). The minimum absolute atomic E-state index is 0.162. The van der Waals surface area contributed by atoms with E-state index in [4.69, 9.17) is 0 Å². The number of hydrogen-bond acceptors (Lipinski definition) is 2. The number of nitrogens with one attached hydrogen (secondary N) is 1. The van der Waals surface area contributed by atoms with E-state index in [9.17, 15) is 4.79 Å². The van der Waals surface area contributed by atoms with Crippen LogP contribution in [0.3, 0.4) is 0 Å². The molecule has 4 nitrogen and oxygen atoms in total. The molecule has 1 aromatic rings. The first-order valence-corrected chi connectivity index (χ1v) is 5.83. The van der Waals surface area contributed by atoms with Gasteiger partial charge >= 0.3 is 6.03 Å². The zero-order valence-electron chi connectivity index (χ0n) is 10.6. The molecule has 0 aliphatic carbocycles. The zero-order chi connectivity index (χ0) is 12.7. The molecule has 0 saturated heterocycles. The molecule has 2 amide bonds. The number of benzene rings is 1. The van der Waals surface area contributed by atoms with Crippen LogP contribution >= 0.6 is 0 Å². The van der Waals surface area contributed by atoms with Gasteiger partial charge in [0, 0.05) is 13.1 Å². The van der Waals surface area contributed by atoms with Gasteiger partial charge in [0.25, 0.3) is 0 Å². The van der Waals surface area contributed by atoms with Gasteiger partial charge in [-0.3, -0.25) is 0 Å². The summed E-state index contributed by atoms with van der Waals surface area (Å²) < 4.78 is 0. The highest BCUT2D eigenvalue weighted by Crippen LogP contribution is 2.00. The van der Waals surface area contributed by atoms with Crippen LogP contribution in [0.1, 0.15) is 26.3 Å². The van der Waals surface area contributed by atoms with Crippen LogP contribution in [-0.4, -0.2) is 29.7 Å². The number of urea groups is 1. The molecular weight excluding hydrogens is 214 g/mol. The molecule has 0 unspecified atom stereocenters. The molecule has 17 heavy (non-hydrogen) atoms. The summed E-state index contributed by atoms with van der Waals surface area (Å²) in [6, 6.07) is 9.60. The van der Waals surface area contributed by atoms with Gasteiger partial charge in [0.15, 0.2) is 0 Å². The van der Waals surface area contributed by atoms with Gasteiger partial charge in [0.05, 0.1) is 5.71 Å². The third-order valence-electron chi connectivity index (χ3n) is 2.56. The minimum Gasteiger partial charge on any atom is -0.324 e. The maximum absolute atomic E-state index is 11.6. The molecule has 0 radical (unpaired) electrons. The summed E-state index contributed by atoms with van der Waals surface area (Å²) in [6.07, 6.45) is 0. The molecule has 1 aromatic carbocycles. The first-order chi connectivity index (χ1) is 8.19. The number of hydrazone groups is 1. The van der Waals surface area contributed by atoms with Crippen molar-refractivity contribution in [2.24, 2.45) is 5.10 Å². The molecular formula is C13H19N3O. The Morgan fingerprint density at radius 3 is 2.35 bits per heavy atom. The van der Waals surface area contributed by atoms with Crippen molar-refractivity contribution in [3.63, 3.8) is 0 Å². The fourth-order valence-corrected chi connectivity index (χ4v) is 1.46. The Hall–Kier alpha value is -1.84. The summed E-state index contributed by atoms with van der Waals surface area (Å²) in [5.74, 6) is 0. The van der Waals surface area contributed by atoms with E-state index in [-0.39, 0.29) is 6.03 Å². The largest absolute Gasteiger partial charge is 0.337 e. The fourth-order valence-electron chi connectivity index (χ4n) is 1.46. The average molecular weight is 233 g/mol. The second-order valence-corrected chi connectivity index (χ2v) is 3.65. The predicted octanol–water partition coefficient (Wildman–Crippen LogP) is 2.46. The lowest BCUT2D eigenvalue weighted by molar-refractivity contribution is 0.204. The lowest BCUT2D eigenvalue weighted by Crippen LogP contribution is -2.37. The van der Waals surface area contributed by atoms with Crippen molar-refractivity contribution in [2.75, 3.05) is 13.1 Å². The molecule has 4 heteroatoms. The van der Waals surface area contributed by atoms with Crippen molar-refractivity contribution in [1.82, 2.24) is 10.3 Å². The molecule has 0 fully saturated rings. The summed E-state index contributed by atoms with van der Waals surface area (Å²) in [6.45, 7) is 7.12. The molecule has 1 N–H and O–H groups in total. The maximum atomic E-state index is 11.6. The van der Waals surface area contributed by atoms with Crippen molar-refractivity contribution < 1.29 is 4.79 Å². The highest BCUT2D eigenvalue weighted by molar-refractivity contribution is 5.99. The summed E-state index contributed by atoms with van der Waals surface area (Å²) in [5, 5.41) is 4.09. The third kappa shape index (κ3) is 3.90. The Balaban J connectivity index is 2.62. The van der Waals surface area contributed by atoms with Gasteiger partial charge in [-0.2, -0.15) is 5.10 Å². The van der Waals surface area contributed by atoms with Crippen LogP contribution in [0.25, 0.3) is 0 Å². The fraction of sp³-hybridized carbons (Fsp3) is 0.385. The number of amides is 2. The minimum atomic E-state index is -0.162. The lowest BCUT2D eigenvalue weighted by atomic mass is 10.1. The smallest absolute Gasteiger partial charge is 0.324 e. The standard InChI is InChI=1S/C13H19N3O/c1-4-16(5-2)13(17)15-14-11(3)12-9-7-6-8-10-12/h6-10H,4-5H2,1-3H3,(H,15,17). The quantitative estimate of drug-likeness (QED) is 0.630. The second kappa shape index (κ2) is 6.68. The van der Waals surface area contributed by atoms with Gasteiger partial charge in [-0.25, -0.2) is 10.2 Å². The first-order valence-electron chi connectivity index (χ1n) is 5.83. The van der Waals surface area contributed by atoms with E-state index >= 15 is 0 Å². The van der Waals surface area contributed by atoms with E-state index in [1.165, 1.54) is 0 Å². The lowest BCUT2D eigenvalue weighted by Gasteiger charge is -2.17. The van der Waals surface area contributed by atoms with E-state index in [1.807, 2.05) is 51.1 Å². The number of carbonyl (C=O) groups excluding carboxylic acids is 1. The Morgan fingerprint density at radius 2 is 1.82 bits per heavy atom. The molecule has 0 aromatic heterocycles. The monoisotopic (exact) mass is 233 g/mol. The highest BCUT2D eigenvalue weighted by Gasteiger charge is 2.07. The summed E-state index contributed by atoms with van der Waals surface area (Å²) >= 11 is 0. The highest BCUT2D eigenvalue weighted by atomic mass is 16.2. The molecule has 0 spiro atoms. The second-order valence-electron chi connectivity index (χ2n) is 3.65. The average Bonchev–Trinajstić information content (AvgIpc) is 2.38. The molecule has 0 aliphatic rings. The van der Waals surface area contributed by atoms with E-state index in [0.717, 1.165) is 11.3 Å². The van der Waals surface area contributed by atoms with Gasteiger partial charge < -0.3 is 4.90 Å². The van der Waals surface area contributed by atoms with Crippen LogP contribution in [0, 0.1) is 0 Å². The predicted molar refractivity (Wildman–Crippen MR) is 70.1 cm³/mol. The van der Waals surface area contributed by atoms with E-state index in [2.05, 4.69) is 10.5 Å². The van der Waals surface area contributed by atoms with Crippen molar-refractivity contribution in [3.05, 3.63) is 35.9 Å². The normalized spacial score (nSPS) is 11.1. The molecule has 0 saturated carbocycles. The van der Waals surface area contributed by atoms with Gasteiger partial charge in [-0.1, -0.05) is 30.3 Å². The van der Waals surface area contributed by atoms with Gasteiger partial charge in [-0.05, 0) is 26.3 Å². The number of hydrogen-bond donors (Lipinski definition) is 1. The zero-order valence-corrected chi connectivity index (χ0v) is 10.6. The van der Waals surface area contributed by atoms with E-state index in [1.54, 1.807) is 4.90 Å². The Morgan fingerprint density at radius 1 is 1.24 bits per heavy atom. The summed E-state index contributed by atoms with van der Waals surface area (Å²) in [4.78, 5) is 13.3. The van der Waals surface area contributed by atoms with Crippen molar-refractivity contribution in [1.29, 1.82) is 0 Å². The molecule has 92 valence electrons. The molecule has 0 aliphatic heterocycles. The van der Waals surface area contributed by atoms with Crippen LogP contribution in [0.2, 0.25) is 0 Å². The third-order valence-corrected chi connectivity index (χ3v) is 2.56. The number of nitrogens with zero attached hydrogens (tertiary/aromatic N) is 2. The van der Waals surface area contributed by atoms with Crippen LogP contribution in [0.4, 0.5) is 4.79 Å². The topological polar surface area (TPSA) is 44.7 Å². The first kappa shape index (κ1) is 13.2. The van der Waals surface area contributed by atoms with E-state index < -0.39 is 0 Å². The Kier molecular flexibility index (Phi) is 5.20. The van der Waals surface area contributed by atoms with Crippen LogP contribution < -0.4 is 5.43 Å². The van der Waals surface area contributed by atoms with Crippen LogP contribution in [0.5, 0.6) is 0 Å². The Labute approximate surface area is 102 Å². The van der Waals surface area contributed by atoms with Crippen molar-refractivity contribution in [3.8, 4) is 0 Å². The molecule has 0 bridgehead atoms. The van der Waals surface area contributed by atoms with Gasteiger partial charge in [0.1, 0.15) is 0 Å². The van der Waals surface area contributed by atoms with Gasteiger partial charge in [-0.15, -0.1) is 0 Å². The summed E-state index contributed by atoms with van der Waals surface area (Å²) in [7, 11) is 0. The van der Waals surface area contributed by atoms with Gasteiger partial charge in [0.2, 0.25) is 0 Å². The molecule has 0 heterocycles. The number of rotatable bonds is 4. The maximum Gasteiger partial charge on any atom is 0.337 e. The van der Waals surface area contributed by atoms with E-state index in [0.29, 0.717) is 13.1 Å². The molecule has 0 atom stereocenters. The Bertz CT molecular complexity index is 383. The van der Waals surface area contributed by atoms with Crippen LogP contribution in [0.15, 0.2) is 35.4 Å². The van der Waals surface area contributed by atoms with Crippen molar-refractivity contribution >= 4 is 11.7 Å². The SMILES string of the molecule is CCN(CC)C(=O)NN=C(C)c1ccccc1.